The molecule has 0 fully saturated rings. The standard InChI is InChI=1S/C30H24Cl2F2N4O2/c1-4-17-15-24-29(35-16(2)37(24)3)27(32)26(17)19-7-6-12-38-22(19)9-10-23(38)30(40)18-13-20(33)28(21(34)14-18)36-25(39)8-5-11-31/h5-10,12-15H,4,11H2,1-3H3,(H,36,39)/b8-5+. The quantitative estimate of drug-likeness (QED) is 0.125. The zero-order valence-corrected chi connectivity index (χ0v) is 23.4. The topological polar surface area (TPSA) is 68.4 Å². The molecule has 1 amide bonds. The number of imidazole rings is 1. The van der Waals surface area contributed by atoms with Crippen LogP contribution < -0.4 is 5.32 Å². The van der Waals surface area contributed by atoms with E-state index < -0.39 is 29.0 Å². The number of halogens is 4. The molecule has 0 saturated carbocycles. The summed E-state index contributed by atoms with van der Waals surface area (Å²) in [6.45, 7) is 3.96. The number of aryl methyl sites for hydroxylation is 3. The van der Waals surface area contributed by atoms with Gasteiger partial charge in [0.25, 0.3) is 0 Å². The van der Waals surface area contributed by atoms with Crippen molar-refractivity contribution in [2.24, 2.45) is 7.05 Å². The Hall–Kier alpha value is -4.01. The highest BCUT2D eigenvalue weighted by Gasteiger charge is 2.23. The molecular weight excluding hydrogens is 557 g/mol. The molecule has 6 nitrogen and oxygen atoms in total. The first-order valence-corrected chi connectivity index (χ1v) is 13.4. The van der Waals surface area contributed by atoms with Gasteiger partial charge in [0.2, 0.25) is 11.7 Å². The van der Waals surface area contributed by atoms with Crippen LogP contribution in [-0.2, 0) is 18.3 Å². The molecule has 2 aromatic carbocycles. The van der Waals surface area contributed by atoms with Crippen molar-refractivity contribution >= 4 is 57.1 Å². The number of benzene rings is 2. The average molecular weight is 581 g/mol. The molecule has 0 unspecified atom stereocenters. The van der Waals surface area contributed by atoms with Gasteiger partial charge in [-0.25, -0.2) is 13.8 Å². The molecule has 5 aromatic rings. The normalized spacial score (nSPS) is 11.7. The van der Waals surface area contributed by atoms with Gasteiger partial charge in [-0.1, -0.05) is 30.7 Å². The van der Waals surface area contributed by atoms with Crippen LogP contribution in [0.25, 0.3) is 27.7 Å². The largest absolute Gasteiger partial charge is 0.331 e. The number of rotatable bonds is 7. The van der Waals surface area contributed by atoms with Gasteiger partial charge in [0, 0.05) is 41.9 Å². The third-order valence-corrected chi connectivity index (χ3v) is 7.45. The number of aromatic nitrogens is 3. The maximum atomic E-state index is 14.8. The number of nitrogens with zero attached hydrogens (tertiary/aromatic N) is 3. The van der Waals surface area contributed by atoms with Gasteiger partial charge in [0.1, 0.15) is 28.7 Å². The number of carbonyl (C=O) groups excluding carboxylic acids is 2. The van der Waals surface area contributed by atoms with Crippen LogP contribution in [0, 0.1) is 18.6 Å². The monoisotopic (exact) mass is 580 g/mol. The van der Waals surface area contributed by atoms with E-state index in [4.69, 9.17) is 23.2 Å². The van der Waals surface area contributed by atoms with Gasteiger partial charge >= 0.3 is 0 Å². The fraction of sp³-hybridized carbons (Fsp3) is 0.167. The van der Waals surface area contributed by atoms with Gasteiger partial charge in [-0.15, -0.1) is 11.6 Å². The average Bonchev–Trinajstić information content (AvgIpc) is 3.50. The number of hydrogen-bond donors (Lipinski definition) is 1. The summed E-state index contributed by atoms with van der Waals surface area (Å²) < 4.78 is 33.2. The van der Waals surface area contributed by atoms with Crippen molar-refractivity contribution in [3.8, 4) is 11.1 Å². The smallest absolute Gasteiger partial charge is 0.248 e. The van der Waals surface area contributed by atoms with E-state index in [9.17, 15) is 18.4 Å². The Kier molecular flexibility index (Phi) is 7.49. The number of fused-ring (bicyclic) bond motifs is 2. The highest BCUT2D eigenvalue weighted by molar-refractivity contribution is 6.38. The summed E-state index contributed by atoms with van der Waals surface area (Å²) in [6.07, 6.45) is 4.83. The van der Waals surface area contributed by atoms with Crippen molar-refractivity contribution in [3.63, 3.8) is 0 Å². The predicted molar refractivity (Wildman–Crippen MR) is 155 cm³/mol. The Morgan fingerprint density at radius 1 is 1.10 bits per heavy atom. The minimum absolute atomic E-state index is 0.0716. The summed E-state index contributed by atoms with van der Waals surface area (Å²) in [4.78, 5) is 30.0. The Labute approximate surface area is 238 Å². The minimum Gasteiger partial charge on any atom is -0.331 e. The van der Waals surface area contributed by atoms with Gasteiger partial charge in [-0.05, 0) is 55.3 Å². The van der Waals surface area contributed by atoms with Crippen LogP contribution in [0.4, 0.5) is 14.5 Å². The first-order valence-electron chi connectivity index (χ1n) is 12.5. The lowest BCUT2D eigenvalue weighted by Crippen LogP contribution is -2.13. The third kappa shape index (κ3) is 4.67. The van der Waals surface area contributed by atoms with Gasteiger partial charge in [0.05, 0.1) is 21.7 Å². The van der Waals surface area contributed by atoms with Gasteiger partial charge in [-0.2, -0.15) is 0 Å². The summed E-state index contributed by atoms with van der Waals surface area (Å²) >= 11 is 12.4. The van der Waals surface area contributed by atoms with E-state index in [1.807, 2.05) is 31.5 Å². The summed E-state index contributed by atoms with van der Waals surface area (Å²) in [5.41, 5.74) is 4.32. The summed E-state index contributed by atoms with van der Waals surface area (Å²) in [5, 5.41) is 2.65. The molecular formula is C30H24Cl2F2N4O2. The number of ketones is 1. The van der Waals surface area contributed by atoms with Crippen LogP contribution in [0.2, 0.25) is 5.02 Å². The molecule has 0 saturated heterocycles. The van der Waals surface area contributed by atoms with Crippen LogP contribution in [0.15, 0.2) is 60.8 Å². The second-order valence-electron chi connectivity index (χ2n) is 9.25. The number of carbonyl (C=O) groups is 2. The molecule has 0 aliphatic heterocycles. The van der Waals surface area contributed by atoms with Crippen molar-refractivity contribution in [2.75, 3.05) is 11.2 Å². The van der Waals surface area contributed by atoms with Gasteiger partial charge in [-0.3, -0.25) is 9.59 Å². The lowest BCUT2D eigenvalue weighted by molar-refractivity contribution is -0.112. The van der Waals surface area contributed by atoms with Gasteiger partial charge in [0.15, 0.2) is 0 Å². The zero-order valence-electron chi connectivity index (χ0n) is 21.9. The summed E-state index contributed by atoms with van der Waals surface area (Å²) in [7, 11) is 1.94. The number of amides is 1. The number of anilines is 1. The maximum absolute atomic E-state index is 14.8. The molecule has 10 heteroatoms. The molecule has 1 N–H and O–H groups in total. The van der Waals surface area contributed by atoms with Crippen LogP contribution >= 0.6 is 23.2 Å². The van der Waals surface area contributed by atoms with Crippen molar-refractivity contribution in [1.82, 2.24) is 14.0 Å². The third-order valence-electron chi connectivity index (χ3n) is 6.91. The molecule has 0 bridgehead atoms. The van der Waals surface area contributed by atoms with Crippen LogP contribution in [-0.4, -0.2) is 31.5 Å². The van der Waals surface area contributed by atoms with Crippen LogP contribution in [0.1, 0.15) is 34.4 Å². The molecule has 3 heterocycles. The lowest BCUT2D eigenvalue weighted by atomic mass is 9.96. The van der Waals surface area contributed by atoms with Gasteiger partial charge < -0.3 is 14.3 Å². The number of hydrogen-bond acceptors (Lipinski definition) is 3. The van der Waals surface area contributed by atoms with Crippen molar-refractivity contribution in [1.29, 1.82) is 0 Å². The van der Waals surface area contributed by atoms with E-state index in [0.717, 1.165) is 46.2 Å². The second kappa shape index (κ2) is 10.9. The van der Waals surface area contributed by atoms with E-state index in [2.05, 4.69) is 16.4 Å². The lowest BCUT2D eigenvalue weighted by Gasteiger charge is -2.14. The van der Waals surface area contributed by atoms with Crippen molar-refractivity contribution in [3.05, 3.63) is 100 Å². The van der Waals surface area contributed by atoms with E-state index in [1.54, 1.807) is 28.8 Å². The number of pyridine rings is 1. The van der Waals surface area contributed by atoms with E-state index in [0.29, 0.717) is 22.5 Å². The molecule has 40 heavy (non-hydrogen) atoms. The second-order valence-corrected chi connectivity index (χ2v) is 9.94. The van der Waals surface area contributed by atoms with E-state index in [1.165, 1.54) is 6.08 Å². The summed E-state index contributed by atoms with van der Waals surface area (Å²) in [5.74, 6) is -2.57. The molecule has 0 atom stereocenters. The SMILES string of the molecule is CCc1cc2c(nc(C)n2C)c(Cl)c1-c1cccn2c(C(=O)c3cc(F)c(NC(=O)/C=C/CCl)c(F)c3)ccc12. The Bertz CT molecular complexity index is 1830. The summed E-state index contributed by atoms with van der Waals surface area (Å²) in [6, 6.07) is 11.0. The van der Waals surface area contributed by atoms with Crippen molar-refractivity contribution in [2.45, 2.75) is 20.3 Å². The minimum atomic E-state index is -1.07. The molecule has 0 aliphatic rings. The zero-order chi connectivity index (χ0) is 28.7. The number of nitrogens with one attached hydrogen (secondary N) is 1. The number of allylic oxidation sites excluding steroid dienone is 1. The first kappa shape index (κ1) is 27.6. The Morgan fingerprint density at radius 3 is 2.50 bits per heavy atom. The molecule has 0 radical (unpaired) electrons. The molecule has 0 aliphatic carbocycles. The Balaban J connectivity index is 1.58. The van der Waals surface area contributed by atoms with Crippen molar-refractivity contribution < 1.29 is 18.4 Å². The first-order chi connectivity index (χ1) is 19.2. The van der Waals surface area contributed by atoms with Crippen LogP contribution in [0.5, 0.6) is 0 Å². The highest BCUT2D eigenvalue weighted by atomic mass is 35.5. The molecule has 3 aromatic heterocycles. The Morgan fingerprint density at radius 2 is 1.82 bits per heavy atom. The molecule has 0 spiro atoms. The predicted octanol–water partition coefficient (Wildman–Crippen LogP) is 7.26. The van der Waals surface area contributed by atoms with Crippen LogP contribution in [0.3, 0.4) is 0 Å². The fourth-order valence-electron chi connectivity index (χ4n) is 4.84. The fourth-order valence-corrected chi connectivity index (χ4v) is 5.30. The highest BCUT2D eigenvalue weighted by Crippen LogP contribution is 2.40. The van der Waals surface area contributed by atoms with E-state index in [-0.39, 0.29) is 17.1 Å². The van der Waals surface area contributed by atoms with E-state index >= 15 is 0 Å². The number of alkyl halides is 1. The molecule has 5 rings (SSSR count). The molecule has 204 valence electrons. The maximum Gasteiger partial charge on any atom is 0.248 e.